The minimum atomic E-state index is -0.355. The Morgan fingerprint density at radius 2 is 1.64 bits per heavy atom. The Bertz CT molecular complexity index is 897. The molecule has 8 heteroatoms. The standard InChI is InChI=1S/C36H68N4O4/c1-24(2)44-33(43)12-9-25(3)28-10-11-29-34-30(23-32(42)36(28,29)5)35(4)14-13-27(21-26(35)22-31(34)41)39-17-8-20-40(18-6-15-37)19-7-16-38/h24-32,34,39,41-42H,6-23,37-38H2,1-5H3/t25-,26?,27+,28-,29?,30?,31-,32+,34?,35+,36-/m1/s1. The van der Waals surface area contributed by atoms with Crippen molar-refractivity contribution in [1.82, 2.24) is 10.2 Å². The quantitative estimate of drug-likeness (QED) is 0.127. The molecular formula is C36H68N4O4. The van der Waals surface area contributed by atoms with Gasteiger partial charge in [-0.25, -0.2) is 0 Å². The zero-order valence-electron chi connectivity index (χ0n) is 28.8. The van der Waals surface area contributed by atoms with Crippen LogP contribution in [0.3, 0.4) is 0 Å². The predicted octanol–water partition coefficient (Wildman–Crippen LogP) is 4.30. The summed E-state index contributed by atoms with van der Waals surface area (Å²) in [5, 5.41) is 27.6. The zero-order valence-corrected chi connectivity index (χ0v) is 28.8. The molecule has 4 fully saturated rings. The first-order chi connectivity index (χ1) is 20.9. The van der Waals surface area contributed by atoms with Gasteiger partial charge in [-0.15, -0.1) is 0 Å². The highest BCUT2D eigenvalue weighted by molar-refractivity contribution is 5.69. The van der Waals surface area contributed by atoms with E-state index in [-0.39, 0.29) is 41.0 Å². The minimum Gasteiger partial charge on any atom is -0.463 e. The Labute approximate surface area is 268 Å². The van der Waals surface area contributed by atoms with Gasteiger partial charge in [-0.2, -0.15) is 0 Å². The topological polar surface area (TPSA) is 134 Å². The Kier molecular flexibility index (Phi) is 13.0. The van der Waals surface area contributed by atoms with Crippen molar-refractivity contribution in [1.29, 1.82) is 0 Å². The first kappa shape index (κ1) is 36.1. The van der Waals surface area contributed by atoms with Crippen LogP contribution in [0.2, 0.25) is 0 Å². The highest BCUT2D eigenvalue weighted by Gasteiger charge is 2.65. The van der Waals surface area contributed by atoms with Crippen molar-refractivity contribution in [2.75, 3.05) is 39.3 Å². The summed E-state index contributed by atoms with van der Waals surface area (Å²) in [4.78, 5) is 14.8. The molecule has 0 heterocycles. The highest BCUT2D eigenvalue weighted by atomic mass is 16.5. The second-order valence-corrected chi connectivity index (χ2v) is 16.1. The first-order valence-corrected chi connectivity index (χ1v) is 18.4. The third-order valence-corrected chi connectivity index (χ3v) is 13.2. The number of rotatable bonds is 16. The number of carbonyl (C=O) groups excluding carboxylic acids is 1. The summed E-state index contributed by atoms with van der Waals surface area (Å²) in [6, 6.07) is 0.510. The summed E-state index contributed by atoms with van der Waals surface area (Å²) in [6.45, 7) is 16.6. The van der Waals surface area contributed by atoms with Gasteiger partial charge in [-0.1, -0.05) is 20.8 Å². The molecule has 4 aliphatic rings. The molecule has 0 amide bonds. The smallest absolute Gasteiger partial charge is 0.306 e. The number of fused-ring (bicyclic) bond motifs is 5. The average Bonchev–Trinajstić information content (AvgIpc) is 3.34. The molecule has 0 aromatic carbocycles. The fourth-order valence-corrected chi connectivity index (χ4v) is 10.8. The summed E-state index contributed by atoms with van der Waals surface area (Å²) in [7, 11) is 0. The van der Waals surface area contributed by atoms with E-state index in [0.29, 0.717) is 42.1 Å². The van der Waals surface area contributed by atoms with Crippen molar-refractivity contribution in [2.24, 2.45) is 57.8 Å². The maximum atomic E-state index is 12.3. The Hall–Kier alpha value is -0.770. The van der Waals surface area contributed by atoms with E-state index >= 15 is 0 Å². The number of esters is 1. The lowest BCUT2D eigenvalue weighted by Crippen LogP contribution is -2.62. The van der Waals surface area contributed by atoms with Crippen molar-refractivity contribution < 1.29 is 19.7 Å². The fraction of sp³-hybridized carbons (Fsp3) is 0.972. The van der Waals surface area contributed by atoms with Gasteiger partial charge in [0.2, 0.25) is 0 Å². The van der Waals surface area contributed by atoms with Crippen molar-refractivity contribution >= 4 is 5.97 Å². The molecule has 11 atom stereocenters. The number of hydrogen-bond acceptors (Lipinski definition) is 8. The van der Waals surface area contributed by atoms with Crippen molar-refractivity contribution in [3.05, 3.63) is 0 Å². The number of carbonyl (C=O) groups is 1. The molecule has 4 unspecified atom stereocenters. The molecule has 0 radical (unpaired) electrons. The fourth-order valence-electron chi connectivity index (χ4n) is 10.8. The van der Waals surface area contributed by atoms with E-state index in [1.165, 1.54) is 12.8 Å². The van der Waals surface area contributed by atoms with Crippen molar-refractivity contribution in [2.45, 2.75) is 136 Å². The van der Waals surface area contributed by atoms with Gasteiger partial charge in [0.05, 0.1) is 18.3 Å². The second kappa shape index (κ2) is 15.9. The van der Waals surface area contributed by atoms with Crippen LogP contribution in [0.1, 0.15) is 112 Å². The Balaban J connectivity index is 1.34. The van der Waals surface area contributed by atoms with Gasteiger partial charge < -0.3 is 36.6 Å². The highest BCUT2D eigenvalue weighted by Crippen LogP contribution is 2.68. The number of aliphatic hydroxyl groups is 2. The summed E-state index contributed by atoms with van der Waals surface area (Å²) in [5.41, 5.74) is 11.5. The molecular weight excluding hydrogens is 552 g/mol. The predicted molar refractivity (Wildman–Crippen MR) is 178 cm³/mol. The van der Waals surface area contributed by atoms with Crippen LogP contribution in [0.15, 0.2) is 0 Å². The maximum absolute atomic E-state index is 12.3. The molecule has 0 aromatic heterocycles. The van der Waals surface area contributed by atoms with Gasteiger partial charge in [-0.3, -0.25) is 4.79 Å². The Morgan fingerprint density at radius 3 is 2.30 bits per heavy atom. The van der Waals surface area contributed by atoms with Gasteiger partial charge >= 0.3 is 5.97 Å². The van der Waals surface area contributed by atoms with E-state index in [0.717, 1.165) is 97.1 Å². The first-order valence-electron chi connectivity index (χ1n) is 18.4. The van der Waals surface area contributed by atoms with Gasteiger partial charge in [0.15, 0.2) is 0 Å². The van der Waals surface area contributed by atoms with Crippen LogP contribution >= 0.6 is 0 Å². The molecule has 44 heavy (non-hydrogen) atoms. The molecule has 0 bridgehead atoms. The number of ether oxygens (including phenoxy) is 1. The number of nitrogens with two attached hydrogens (primary N) is 2. The molecule has 0 aromatic rings. The third-order valence-electron chi connectivity index (χ3n) is 13.2. The van der Waals surface area contributed by atoms with E-state index in [2.05, 4.69) is 31.0 Å². The van der Waals surface area contributed by atoms with E-state index in [1.807, 2.05) is 13.8 Å². The van der Waals surface area contributed by atoms with Crippen molar-refractivity contribution in [3.8, 4) is 0 Å². The molecule has 256 valence electrons. The summed E-state index contributed by atoms with van der Waals surface area (Å²) < 4.78 is 5.40. The van der Waals surface area contributed by atoms with E-state index in [9.17, 15) is 15.0 Å². The van der Waals surface area contributed by atoms with Crippen LogP contribution in [0.4, 0.5) is 0 Å². The molecule has 0 aliphatic heterocycles. The SMILES string of the molecule is CC(C)OC(=O)CC[C@@H](C)[C@H]1CCC2C3C(C[C@H](O)[C@@]21C)[C@@]1(C)CC[C@H](NCCCN(CCCN)CCCN)CC1C[C@H]3O. The van der Waals surface area contributed by atoms with Crippen LogP contribution in [-0.2, 0) is 9.53 Å². The number of nitrogens with zero attached hydrogens (tertiary/aromatic N) is 1. The van der Waals surface area contributed by atoms with E-state index < -0.39 is 0 Å². The van der Waals surface area contributed by atoms with Crippen LogP contribution in [0.25, 0.3) is 0 Å². The zero-order chi connectivity index (χ0) is 32.1. The lowest BCUT2D eigenvalue weighted by atomic mass is 9.43. The maximum Gasteiger partial charge on any atom is 0.306 e. The number of aliphatic hydroxyl groups excluding tert-OH is 2. The molecule has 8 nitrogen and oxygen atoms in total. The number of nitrogens with one attached hydrogen (secondary N) is 1. The summed E-state index contributed by atoms with van der Waals surface area (Å²) in [6.07, 6.45) is 11.1. The monoisotopic (exact) mass is 621 g/mol. The largest absolute Gasteiger partial charge is 0.463 e. The lowest BCUT2D eigenvalue weighted by Gasteiger charge is -2.63. The molecule has 0 saturated heterocycles. The van der Waals surface area contributed by atoms with Crippen LogP contribution < -0.4 is 16.8 Å². The van der Waals surface area contributed by atoms with Crippen LogP contribution in [0, 0.1) is 46.3 Å². The van der Waals surface area contributed by atoms with Gasteiger partial charge in [0.25, 0.3) is 0 Å². The summed E-state index contributed by atoms with van der Waals surface area (Å²) >= 11 is 0. The number of hydrogen-bond donors (Lipinski definition) is 5. The van der Waals surface area contributed by atoms with Crippen molar-refractivity contribution in [3.63, 3.8) is 0 Å². The van der Waals surface area contributed by atoms with Crippen LogP contribution in [0.5, 0.6) is 0 Å². The third kappa shape index (κ3) is 7.84. The molecule has 4 aliphatic carbocycles. The summed E-state index contributed by atoms with van der Waals surface area (Å²) in [5.74, 6) is 2.08. The second-order valence-electron chi connectivity index (χ2n) is 16.1. The Morgan fingerprint density at radius 1 is 0.955 bits per heavy atom. The average molecular weight is 621 g/mol. The van der Waals surface area contributed by atoms with Gasteiger partial charge in [-0.05, 0) is 170 Å². The normalized spacial score (nSPS) is 39.2. The molecule has 0 spiro atoms. The van der Waals surface area contributed by atoms with Gasteiger partial charge in [0, 0.05) is 12.5 Å². The molecule has 4 rings (SSSR count). The molecule has 7 N–H and O–H groups in total. The lowest BCUT2D eigenvalue weighted by molar-refractivity contribution is -0.202. The minimum absolute atomic E-state index is 0.0822. The van der Waals surface area contributed by atoms with E-state index in [4.69, 9.17) is 16.2 Å². The van der Waals surface area contributed by atoms with Crippen LogP contribution in [-0.4, -0.2) is 84.7 Å². The molecule has 4 saturated carbocycles. The van der Waals surface area contributed by atoms with E-state index in [1.54, 1.807) is 0 Å². The van der Waals surface area contributed by atoms with Gasteiger partial charge in [0.1, 0.15) is 0 Å².